The van der Waals surface area contributed by atoms with Crippen LogP contribution in [-0.2, 0) is 6.54 Å². The van der Waals surface area contributed by atoms with E-state index < -0.39 is 0 Å². The Bertz CT molecular complexity index is 788. The highest BCUT2D eigenvalue weighted by molar-refractivity contribution is 5.99. The van der Waals surface area contributed by atoms with Gasteiger partial charge in [-0.3, -0.25) is 5.43 Å². The van der Waals surface area contributed by atoms with Gasteiger partial charge in [0.05, 0.1) is 19.0 Å². The summed E-state index contributed by atoms with van der Waals surface area (Å²) in [6.45, 7) is 3.09. The highest BCUT2D eigenvalue weighted by atomic mass is 16.5. The lowest BCUT2D eigenvalue weighted by Crippen LogP contribution is -1.91. The number of nitrogens with one attached hydrogen (secondary N) is 1. The summed E-state index contributed by atoms with van der Waals surface area (Å²) in [5.74, 6) is 0.834. The average Bonchev–Trinajstić information content (AvgIpc) is 2.94. The largest absolute Gasteiger partial charge is 0.497 e. The summed E-state index contributed by atoms with van der Waals surface area (Å²) in [6, 6.07) is 16.0. The second-order valence-electron chi connectivity index (χ2n) is 4.99. The highest BCUT2D eigenvalue weighted by Crippen LogP contribution is 2.20. The Morgan fingerprint density at radius 3 is 2.64 bits per heavy atom. The fourth-order valence-electron chi connectivity index (χ4n) is 2.48. The Hall–Kier alpha value is -2.75. The van der Waals surface area contributed by atoms with E-state index in [4.69, 9.17) is 4.74 Å². The van der Waals surface area contributed by atoms with Gasteiger partial charge in [-0.15, -0.1) is 0 Å². The van der Waals surface area contributed by atoms with Crippen LogP contribution in [0.25, 0.3) is 10.9 Å². The molecule has 0 saturated heterocycles. The normalized spacial score (nSPS) is 11.2. The van der Waals surface area contributed by atoms with Gasteiger partial charge in [-0.2, -0.15) is 5.10 Å². The molecule has 1 heterocycles. The number of fused-ring (bicyclic) bond motifs is 1. The summed E-state index contributed by atoms with van der Waals surface area (Å²) < 4.78 is 7.36. The predicted octanol–water partition coefficient (Wildman–Crippen LogP) is 4.12. The van der Waals surface area contributed by atoms with Crippen LogP contribution in [0.3, 0.4) is 0 Å². The van der Waals surface area contributed by atoms with Crippen LogP contribution in [0.5, 0.6) is 5.75 Å². The molecule has 22 heavy (non-hydrogen) atoms. The summed E-state index contributed by atoms with van der Waals surface area (Å²) in [7, 11) is 1.66. The lowest BCUT2D eigenvalue weighted by Gasteiger charge is -2.02. The third-order valence-corrected chi connectivity index (χ3v) is 3.65. The molecule has 0 fully saturated rings. The zero-order valence-corrected chi connectivity index (χ0v) is 12.8. The number of hydrogen-bond donors (Lipinski definition) is 1. The van der Waals surface area contributed by atoms with Gasteiger partial charge in [-0.05, 0) is 37.3 Å². The van der Waals surface area contributed by atoms with Crippen LogP contribution in [0.2, 0.25) is 0 Å². The Balaban J connectivity index is 1.80. The number of aryl methyl sites for hydroxylation is 1. The molecule has 4 nitrogen and oxygen atoms in total. The molecular weight excluding hydrogens is 274 g/mol. The van der Waals surface area contributed by atoms with Crippen LogP contribution in [0.4, 0.5) is 5.69 Å². The van der Waals surface area contributed by atoms with Crippen molar-refractivity contribution in [2.75, 3.05) is 12.5 Å². The molecule has 4 heteroatoms. The molecule has 3 rings (SSSR count). The Kier molecular flexibility index (Phi) is 4.10. The minimum Gasteiger partial charge on any atom is -0.497 e. The van der Waals surface area contributed by atoms with E-state index in [0.29, 0.717) is 0 Å². The SMILES string of the molecule is CCn1cc(/C=N/Nc2ccc(OC)cc2)c2ccccc21. The number of anilines is 1. The molecule has 0 saturated carbocycles. The van der Waals surface area contributed by atoms with E-state index in [0.717, 1.165) is 23.5 Å². The maximum Gasteiger partial charge on any atom is 0.119 e. The first-order valence-electron chi connectivity index (χ1n) is 7.33. The van der Waals surface area contributed by atoms with Crippen LogP contribution < -0.4 is 10.2 Å². The Morgan fingerprint density at radius 1 is 1.14 bits per heavy atom. The summed E-state index contributed by atoms with van der Waals surface area (Å²) in [4.78, 5) is 0. The molecule has 1 aromatic heterocycles. The lowest BCUT2D eigenvalue weighted by molar-refractivity contribution is 0.415. The van der Waals surface area contributed by atoms with E-state index in [1.807, 2.05) is 30.5 Å². The van der Waals surface area contributed by atoms with Crippen LogP contribution in [0, 0.1) is 0 Å². The van der Waals surface area contributed by atoms with Crippen molar-refractivity contribution in [2.45, 2.75) is 13.5 Å². The monoisotopic (exact) mass is 293 g/mol. The maximum atomic E-state index is 5.14. The Labute approximate surface area is 130 Å². The summed E-state index contributed by atoms with van der Waals surface area (Å²) in [5, 5.41) is 5.55. The maximum absolute atomic E-state index is 5.14. The van der Waals surface area contributed by atoms with Crippen LogP contribution in [-0.4, -0.2) is 17.9 Å². The third kappa shape index (κ3) is 2.81. The van der Waals surface area contributed by atoms with Crippen LogP contribution in [0.15, 0.2) is 59.8 Å². The molecule has 112 valence electrons. The number of methoxy groups -OCH3 is 1. The zero-order chi connectivity index (χ0) is 15.4. The van der Waals surface area contributed by atoms with Crippen molar-refractivity contribution in [1.29, 1.82) is 0 Å². The summed E-state index contributed by atoms with van der Waals surface area (Å²) >= 11 is 0. The Morgan fingerprint density at radius 2 is 1.91 bits per heavy atom. The van der Waals surface area contributed by atoms with Crippen molar-refractivity contribution in [1.82, 2.24) is 4.57 Å². The van der Waals surface area contributed by atoms with Gasteiger partial charge in [0.15, 0.2) is 0 Å². The van der Waals surface area contributed by atoms with Crippen molar-refractivity contribution in [3.63, 3.8) is 0 Å². The van der Waals surface area contributed by atoms with Crippen LogP contribution >= 0.6 is 0 Å². The highest BCUT2D eigenvalue weighted by Gasteiger charge is 2.04. The number of para-hydroxylation sites is 1. The third-order valence-electron chi connectivity index (χ3n) is 3.65. The first-order valence-corrected chi connectivity index (χ1v) is 7.33. The van der Waals surface area contributed by atoms with Gasteiger partial charge in [0.2, 0.25) is 0 Å². The minimum absolute atomic E-state index is 0.834. The standard InChI is InChI=1S/C18H19N3O/c1-3-21-13-14(17-6-4-5-7-18(17)21)12-19-20-15-8-10-16(22-2)11-9-15/h4-13,20H,3H2,1-2H3/b19-12+. The van der Waals surface area contributed by atoms with Crippen molar-refractivity contribution in [3.05, 3.63) is 60.3 Å². The molecule has 2 aromatic carbocycles. The summed E-state index contributed by atoms with van der Waals surface area (Å²) in [5.41, 5.74) is 6.31. The van der Waals surface area contributed by atoms with Crippen molar-refractivity contribution in [3.8, 4) is 5.75 Å². The number of nitrogens with zero attached hydrogens (tertiary/aromatic N) is 2. The summed E-state index contributed by atoms with van der Waals surface area (Å²) in [6.07, 6.45) is 3.99. The molecule has 0 aliphatic carbocycles. The fourth-order valence-corrected chi connectivity index (χ4v) is 2.48. The van der Waals surface area contributed by atoms with E-state index in [1.165, 1.54) is 10.9 Å². The number of benzene rings is 2. The fraction of sp³-hybridized carbons (Fsp3) is 0.167. The van der Waals surface area contributed by atoms with Gasteiger partial charge < -0.3 is 9.30 Å². The molecule has 1 N–H and O–H groups in total. The number of rotatable bonds is 5. The van der Waals surface area contributed by atoms with Crippen molar-refractivity contribution in [2.24, 2.45) is 5.10 Å². The quantitative estimate of drug-likeness (QED) is 0.568. The molecule has 3 aromatic rings. The van der Waals surface area contributed by atoms with Crippen LogP contribution in [0.1, 0.15) is 12.5 Å². The van der Waals surface area contributed by atoms with Crippen molar-refractivity contribution >= 4 is 22.8 Å². The molecule has 0 unspecified atom stereocenters. The van der Waals surface area contributed by atoms with Gasteiger partial charge >= 0.3 is 0 Å². The molecular formula is C18H19N3O. The average molecular weight is 293 g/mol. The smallest absolute Gasteiger partial charge is 0.119 e. The molecule has 0 atom stereocenters. The van der Waals surface area contributed by atoms with E-state index >= 15 is 0 Å². The first-order chi connectivity index (χ1) is 10.8. The number of ether oxygens (including phenoxy) is 1. The van der Waals surface area contributed by atoms with Gasteiger partial charge in [-0.25, -0.2) is 0 Å². The lowest BCUT2D eigenvalue weighted by atomic mass is 10.2. The van der Waals surface area contributed by atoms with Gasteiger partial charge in [0.1, 0.15) is 5.75 Å². The van der Waals surface area contributed by atoms with E-state index in [9.17, 15) is 0 Å². The van der Waals surface area contributed by atoms with E-state index in [-0.39, 0.29) is 0 Å². The van der Waals surface area contributed by atoms with E-state index in [1.54, 1.807) is 7.11 Å². The number of hydrogen-bond acceptors (Lipinski definition) is 3. The van der Waals surface area contributed by atoms with Crippen molar-refractivity contribution < 1.29 is 4.74 Å². The molecule has 0 amide bonds. The molecule has 0 aliphatic rings. The van der Waals surface area contributed by atoms with E-state index in [2.05, 4.69) is 52.5 Å². The first kappa shape index (κ1) is 14.2. The second-order valence-corrected chi connectivity index (χ2v) is 4.99. The zero-order valence-electron chi connectivity index (χ0n) is 12.8. The van der Waals surface area contributed by atoms with Gasteiger partial charge in [-0.1, -0.05) is 18.2 Å². The molecule has 0 bridgehead atoms. The second kappa shape index (κ2) is 6.35. The molecule has 0 radical (unpaired) electrons. The predicted molar refractivity (Wildman–Crippen MR) is 91.8 cm³/mol. The van der Waals surface area contributed by atoms with Gasteiger partial charge in [0.25, 0.3) is 0 Å². The minimum atomic E-state index is 0.834. The number of hydrazone groups is 1. The van der Waals surface area contributed by atoms with Gasteiger partial charge in [0, 0.05) is 29.2 Å². The number of aromatic nitrogens is 1. The molecule has 0 aliphatic heterocycles. The topological polar surface area (TPSA) is 38.5 Å². The molecule has 0 spiro atoms.